The van der Waals surface area contributed by atoms with Crippen LogP contribution in [0.2, 0.25) is 0 Å². The van der Waals surface area contributed by atoms with Crippen LogP contribution in [0.4, 0.5) is 9.59 Å². The molecule has 1 aliphatic heterocycles. The molecule has 0 bridgehead atoms. The zero-order chi connectivity index (χ0) is 26.7. The molecule has 2 aliphatic carbocycles. The zero-order valence-corrected chi connectivity index (χ0v) is 22.1. The van der Waals surface area contributed by atoms with Gasteiger partial charge in [0.15, 0.2) is 16.9 Å². The molecule has 1 aromatic carbocycles. The van der Waals surface area contributed by atoms with Crippen LogP contribution >= 0.6 is 0 Å². The molecule has 0 aromatic heterocycles. The van der Waals surface area contributed by atoms with Crippen LogP contribution in [0.25, 0.3) is 0 Å². The van der Waals surface area contributed by atoms with Crippen LogP contribution in [-0.2, 0) is 30.4 Å². The van der Waals surface area contributed by atoms with Crippen molar-refractivity contribution in [1.82, 2.24) is 10.2 Å². The molecule has 1 heterocycles. The summed E-state index contributed by atoms with van der Waals surface area (Å²) in [5, 5.41) is 2.74. The van der Waals surface area contributed by atoms with Gasteiger partial charge in [-0.15, -0.1) is 0 Å². The lowest BCUT2D eigenvalue weighted by Gasteiger charge is -2.39. The summed E-state index contributed by atoms with van der Waals surface area (Å²) in [6.45, 7) is 12.4. The van der Waals surface area contributed by atoms with E-state index in [-0.39, 0.29) is 19.8 Å². The van der Waals surface area contributed by atoms with E-state index in [1.54, 1.807) is 48.5 Å². The van der Waals surface area contributed by atoms with Crippen molar-refractivity contribution in [3.63, 3.8) is 0 Å². The summed E-state index contributed by atoms with van der Waals surface area (Å²) in [6, 6.07) is 9.17. The van der Waals surface area contributed by atoms with E-state index >= 15 is 0 Å². The maximum absolute atomic E-state index is 14.5. The molecule has 4 rings (SSSR count). The van der Waals surface area contributed by atoms with Crippen molar-refractivity contribution in [3.05, 3.63) is 35.9 Å². The number of carbonyl (C=O) groups excluding carboxylic acids is 4. The predicted molar refractivity (Wildman–Crippen MR) is 130 cm³/mol. The fourth-order valence-corrected chi connectivity index (χ4v) is 6.42. The lowest BCUT2D eigenvalue weighted by Crippen LogP contribution is -2.65. The third-order valence-electron chi connectivity index (χ3n) is 8.04. The number of ether oxygens (including phenoxy) is 3. The second-order valence-corrected chi connectivity index (χ2v) is 11.4. The molecule has 9 heteroatoms. The maximum atomic E-state index is 14.5. The first-order chi connectivity index (χ1) is 16.7. The number of carbonyl (C=O) groups is 4. The fraction of sp³-hybridized carbons (Fsp3) is 0.630. The summed E-state index contributed by atoms with van der Waals surface area (Å²) in [5.41, 5.74) is -6.17. The SMILES string of the molecule is CCOC12C(=O)[C@@]3(C(=O)C1(NC(=O)OC(C)(C)C)C2(C)C)[C@H](C)CCN3C(=O)OCc1ccccc1. The van der Waals surface area contributed by atoms with E-state index in [0.29, 0.717) is 6.42 Å². The van der Waals surface area contributed by atoms with Crippen LogP contribution in [0.1, 0.15) is 60.5 Å². The monoisotopic (exact) mass is 500 g/mol. The lowest BCUT2D eigenvalue weighted by molar-refractivity contribution is -0.149. The number of nitrogens with zero attached hydrogens (tertiary/aromatic N) is 1. The highest BCUT2D eigenvalue weighted by molar-refractivity contribution is 6.34. The minimum absolute atomic E-state index is 0.00636. The van der Waals surface area contributed by atoms with Crippen molar-refractivity contribution >= 4 is 23.8 Å². The molecule has 1 saturated heterocycles. The molecule has 1 aromatic rings. The van der Waals surface area contributed by atoms with Gasteiger partial charge < -0.3 is 19.5 Å². The first-order valence-corrected chi connectivity index (χ1v) is 12.5. The van der Waals surface area contributed by atoms with Gasteiger partial charge in [0.05, 0.1) is 0 Å². The Balaban J connectivity index is 1.73. The molecule has 2 amide bonds. The van der Waals surface area contributed by atoms with E-state index in [1.807, 2.05) is 30.3 Å². The normalized spacial score (nSPS) is 32.4. The topological polar surface area (TPSA) is 111 Å². The summed E-state index contributed by atoms with van der Waals surface area (Å²) >= 11 is 0. The Morgan fingerprint density at radius 1 is 1.11 bits per heavy atom. The number of ketones is 2. The van der Waals surface area contributed by atoms with E-state index in [4.69, 9.17) is 14.2 Å². The van der Waals surface area contributed by atoms with Gasteiger partial charge in [0.2, 0.25) is 5.78 Å². The summed E-state index contributed by atoms with van der Waals surface area (Å²) in [6.07, 6.45) is -1.13. The van der Waals surface area contributed by atoms with Gasteiger partial charge in [-0.25, -0.2) is 9.59 Å². The van der Waals surface area contributed by atoms with Crippen LogP contribution in [0.5, 0.6) is 0 Å². The number of likely N-dealkylation sites (tertiary alicyclic amines) is 1. The van der Waals surface area contributed by atoms with Crippen molar-refractivity contribution in [2.24, 2.45) is 11.3 Å². The van der Waals surface area contributed by atoms with E-state index in [9.17, 15) is 19.2 Å². The Bertz CT molecular complexity index is 1100. The molecule has 196 valence electrons. The molecule has 36 heavy (non-hydrogen) atoms. The van der Waals surface area contributed by atoms with Gasteiger partial charge in [0.1, 0.15) is 17.7 Å². The highest BCUT2D eigenvalue weighted by atomic mass is 16.6. The molecular weight excluding hydrogens is 464 g/mol. The van der Waals surface area contributed by atoms with Crippen molar-refractivity contribution < 1.29 is 33.4 Å². The van der Waals surface area contributed by atoms with E-state index in [0.717, 1.165) is 5.56 Å². The van der Waals surface area contributed by atoms with Crippen molar-refractivity contribution in [3.8, 4) is 0 Å². The number of alkyl carbamates (subject to hydrolysis) is 1. The van der Waals surface area contributed by atoms with Crippen molar-refractivity contribution in [1.29, 1.82) is 0 Å². The number of hydrogen-bond donors (Lipinski definition) is 1. The minimum atomic E-state index is -1.80. The molecule has 1 spiro atoms. The van der Waals surface area contributed by atoms with Crippen LogP contribution in [0.15, 0.2) is 30.3 Å². The highest BCUT2D eigenvalue weighted by Crippen LogP contribution is 2.75. The molecule has 2 unspecified atom stereocenters. The number of fused-ring (bicyclic) bond motifs is 1. The van der Waals surface area contributed by atoms with Gasteiger partial charge in [-0.05, 0) is 45.6 Å². The Morgan fingerprint density at radius 2 is 1.75 bits per heavy atom. The predicted octanol–water partition coefficient (Wildman–Crippen LogP) is 3.63. The Labute approximate surface area is 211 Å². The molecule has 0 radical (unpaired) electrons. The van der Waals surface area contributed by atoms with Gasteiger partial charge in [0, 0.05) is 18.6 Å². The van der Waals surface area contributed by atoms with E-state index in [1.165, 1.54) is 4.90 Å². The lowest BCUT2D eigenvalue weighted by atomic mass is 9.74. The van der Waals surface area contributed by atoms with Crippen LogP contribution in [0, 0.1) is 11.3 Å². The van der Waals surface area contributed by atoms with Crippen molar-refractivity contribution in [2.45, 2.75) is 83.8 Å². The second kappa shape index (κ2) is 8.30. The maximum Gasteiger partial charge on any atom is 0.411 e. The van der Waals surface area contributed by atoms with Crippen LogP contribution in [-0.4, -0.2) is 64.1 Å². The summed E-state index contributed by atoms with van der Waals surface area (Å²) in [7, 11) is 0. The largest absolute Gasteiger partial charge is 0.445 e. The summed E-state index contributed by atoms with van der Waals surface area (Å²) in [4.78, 5) is 56.4. The Kier molecular flexibility index (Phi) is 6.02. The first-order valence-electron chi connectivity index (χ1n) is 12.5. The fourth-order valence-electron chi connectivity index (χ4n) is 6.42. The van der Waals surface area contributed by atoms with E-state index < -0.39 is 57.4 Å². The summed E-state index contributed by atoms with van der Waals surface area (Å²) < 4.78 is 17.1. The first kappa shape index (κ1) is 26.1. The zero-order valence-electron chi connectivity index (χ0n) is 22.1. The number of nitrogens with one attached hydrogen (secondary N) is 1. The van der Waals surface area contributed by atoms with Gasteiger partial charge >= 0.3 is 12.2 Å². The number of hydrogen-bond acceptors (Lipinski definition) is 7. The van der Waals surface area contributed by atoms with Gasteiger partial charge in [0.25, 0.3) is 0 Å². The number of benzene rings is 1. The Hall–Kier alpha value is -2.94. The average Bonchev–Trinajstić information content (AvgIpc) is 2.99. The summed E-state index contributed by atoms with van der Waals surface area (Å²) in [5.74, 6) is -1.55. The van der Waals surface area contributed by atoms with Gasteiger partial charge in [-0.3, -0.25) is 14.5 Å². The smallest absolute Gasteiger partial charge is 0.411 e. The second-order valence-electron chi connectivity index (χ2n) is 11.4. The number of amides is 2. The van der Waals surface area contributed by atoms with Crippen LogP contribution < -0.4 is 5.32 Å². The standard InChI is InChI=1S/C27H36N2O7/c1-8-35-27-20(31)25(19(30)26(27,24(27,6)7)28-21(32)36-23(3,4)5)17(2)14-15-29(25)22(33)34-16-18-12-10-9-11-13-18/h9-13,17H,8,14-16H2,1-7H3,(H,28,32)/t17-,25+,26?,27?/m1/s1. The van der Waals surface area contributed by atoms with Gasteiger partial charge in [-0.2, -0.15) is 0 Å². The average molecular weight is 501 g/mol. The van der Waals surface area contributed by atoms with Crippen molar-refractivity contribution in [2.75, 3.05) is 13.2 Å². The number of Topliss-reactive ketones (excluding diaryl/α,β-unsaturated/α-hetero) is 2. The van der Waals surface area contributed by atoms with E-state index in [2.05, 4.69) is 5.32 Å². The molecule has 2 saturated carbocycles. The molecule has 3 fully saturated rings. The third kappa shape index (κ3) is 3.17. The molecule has 4 atom stereocenters. The molecule has 3 aliphatic rings. The number of rotatable bonds is 5. The van der Waals surface area contributed by atoms with Gasteiger partial charge in [-0.1, -0.05) is 51.1 Å². The molecule has 1 N–H and O–H groups in total. The molecular formula is C27H36N2O7. The quantitative estimate of drug-likeness (QED) is 0.615. The minimum Gasteiger partial charge on any atom is -0.445 e. The van der Waals surface area contributed by atoms with Crippen LogP contribution in [0.3, 0.4) is 0 Å². The third-order valence-corrected chi connectivity index (χ3v) is 8.04. The highest BCUT2D eigenvalue weighted by Gasteiger charge is 3.00. The Morgan fingerprint density at radius 3 is 2.33 bits per heavy atom. The molecule has 9 nitrogen and oxygen atoms in total.